The molecule has 2 aromatic rings. The van der Waals surface area contributed by atoms with Gasteiger partial charge in [-0.2, -0.15) is 5.10 Å². The zero-order valence-corrected chi connectivity index (χ0v) is 17.1. The molecule has 0 spiro atoms. The summed E-state index contributed by atoms with van der Waals surface area (Å²) in [6, 6.07) is 4.21. The van der Waals surface area contributed by atoms with Crippen LogP contribution in [0, 0.1) is 13.8 Å². The molecule has 7 heteroatoms. The maximum absolute atomic E-state index is 12.0. The van der Waals surface area contributed by atoms with Crippen LogP contribution in [0.4, 0.5) is 0 Å². The lowest BCUT2D eigenvalue weighted by Gasteiger charge is -2.16. The van der Waals surface area contributed by atoms with E-state index in [4.69, 9.17) is 4.74 Å². The van der Waals surface area contributed by atoms with E-state index in [0.29, 0.717) is 0 Å². The van der Waals surface area contributed by atoms with E-state index in [1.807, 2.05) is 30.7 Å². The molecule has 0 aliphatic carbocycles. The smallest absolute Gasteiger partial charge is 0.331 e. The van der Waals surface area contributed by atoms with Crippen LogP contribution in [0.25, 0.3) is 11.9 Å². The Kier molecular flexibility index (Phi) is 6.25. The quantitative estimate of drug-likeness (QED) is 0.577. The van der Waals surface area contributed by atoms with Crippen molar-refractivity contribution in [1.29, 1.82) is 0 Å². The summed E-state index contributed by atoms with van der Waals surface area (Å²) >= 11 is 0. The highest BCUT2D eigenvalue weighted by Gasteiger charge is 2.18. The number of hydrogen-bond acceptors (Lipinski definition) is 4. The number of aryl methyl sites for hydroxylation is 1. The molecule has 7 nitrogen and oxygen atoms in total. The summed E-state index contributed by atoms with van der Waals surface area (Å²) < 4.78 is 9.22. The third kappa shape index (κ3) is 4.48. The standard InChI is InChI=1S/C20H28N4O3/c1-13(2)24-18(10-11-21-24)23-14(3)12-17(15(23)4)8-9-19(25)27-16(5)20(26)22(6)7/h8-13,16H,1-7H3/b9-8+/t16-/m0/s1. The molecule has 0 saturated carbocycles. The third-order valence-electron chi connectivity index (χ3n) is 4.32. The monoisotopic (exact) mass is 372 g/mol. The molecule has 2 aromatic heterocycles. The van der Waals surface area contributed by atoms with E-state index in [1.54, 1.807) is 33.3 Å². The van der Waals surface area contributed by atoms with Crippen molar-refractivity contribution in [3.63, 3.8) is 0 Å². The second kappa shape index (κ2) is 8.24. The lowest BCUT2D eigenvalue weighted by Crippen LogP contribution is -2.34. The van der Waals surface area contributed by atoms with Gasteiger partial charge in [-0.1, -0.05) is 0 Å². The van der Waals surface area contributed by atoms with Crippen LogP contribution in [-0.2, 0) is 14.3 Å². The van der Waals surface area contributed by atoms with Crippen LogP contribution in [0.3, 0.4) is 0 Å². The largest absolute Gasteiger partial charge is 0.449 e. The number of rotatable bonds is 6. The van der Waals surface area contributed by atoms with Gasteiger partial charge >= 0.3 is 5.97 Å². The van der Waals surface area contributed by atoms with Crippen LogP contribution in [0.5, 0.6) is 0 Å². The summed E-state index contributed by atoms with van der Waals surface area (Å²) in [6.45, 7) is 9.73. The Morgan fingerprint density at radius 3 is 2.48 bits per heavy atom. The molecule has 0 bridgehead atoms. The van der Waals surface area contributed by atoms with Gasteiger partial charge in [0.15, 0.2) is 6.10 Å². The van der Waals surface area contributed by atoms with Crippen molar-refractivity contribution in [3.8, 4) is 5.82 Å². The van der Waals surface area contributed by atoms with Gasteiger partial charge < -0.3 is 14.2 Å². The Morgan fingerprint density at radius 1 is 1.22 bits per heavy atom. The predicted molar refractivity (Wildman–Crippen MR) is 105 cm³/mol. The lowest BCUT2D eigenvalue weighted by atomic mass is 10.2. The van der Waals surface area contributed by atoms with Crippen LogP contribution >= 0.6 is 0 Å². The molecule has 0 radical (unpaired) electrons. The molecule has 2 rings (SSSR count). The van der Waals surface area contributed by atoms with Crippen LogP contribution in [-0.4, -0.2) is 51.3 Å². The minimum atomic E-state index is -0.815. The molecule has 27 heavy (non-hydrogen) atoms. The van der Waals surface area contributed by atoms with Crippen molar-refractivity contribution in [2.45, 2.75) is 46.8 Å². The van der Waals surface area contributed by atoms with Crippen molar-refractivity contribution in [1.82, 2.24) is 19.2 Å². The minimum Gasteiger partial charge on any atom is -0.449 e. The summed E-state index contributed by atoms with van der Waals surface area (Å²) in [4.78, 5) is 25.2. The van der Waals surface area contributed by atoms with E-state index in [9.17, 15) is 9.59 Å². The summed E-state index contributed by atoms with van der Waals surface area (Å²) in [6.07, 6.45) is 4.03. The van der Waals surface area contributed by atoms with Crippen LogP contribution in [0.15, 0.2) is 24.4 Å². The Bertz CT molecular complexity index is 859. The van der Waals surface area contributed by atoms with Gasteiger partial charge in [0.25, 0.3) is 5.91 Å². The molecule has 0 fully saturated rings. The molecule has 0 aliphatic rings. The maximum Gasteiger partial charge on any atom is 0.331 e. The Balaban J connectivity index is 2.21. The van der Waals surface area contributed by atoms with E-state index in [-0.39, 0.29) is 11.9 Å². The van der Waals surface area contributed by atoms with Gasteiger partial charge in [0.05, 0.1) is 6.20 Å². The summed E-state index contributed by atoms with van der Waals surface area (Å²) in [5.41, 5.74) is 2.95. The van der Waals surface area contributed by atoms with E-state index in [0.717, 1.165) is 22.8 Å². The number of esters is 1. The highest BCUT2D eigenvalue weighted by atomic mass is 16.5. The fraction of sp³-hybridized carbons (Fsp3) is 0.450. The molecule has 0 aromatic carbocycles. The topological polar surface area (TPSA) is 69.4 Å². The molecular weight excluding hydrogens is 344 g/mol. The van der Waals surface area contributed by atoms with Gasteiger partial charge in [-0.15, -0.1) is 0 Å². The molecule has 1 atom stereocenters. The number of ether oxygens (including phenoxy) is 1. The Labute approximate surface area is 160 Å². The van der Waals surface area contributed by atoms with Gasteiger partial charge in [-0.05, 0) is 52.3 Å². The highest BCUT2D eigenvalue weighted by Crippen LogP contribution is 2.23. The highest BCUT2D eigenvalue weighted by molar-refractivity contribution is 5.90. The van der Waals surface area contributed by atoms with Gasteiger partial charge in [0.2, 0.25) is 0 Å². The van der Waals surface area contributed by atoms with Crippen LogP contribution in [0.1, 0.15) is 43.8 Å². The van der Waals surface area contributed by atoms with Crippen molar-refractivity contribution in [2.75, 3.05) is 14.1 Å². The number of carbonyl (C=O) groups is 2. The Hall–Kier alpha value is -2.83. The van der Waals surface area contributed by atoms with E-state index < -0.39 is 12.1 Å². The van der Waals surface area contributed by atoms with Gasteiger partial charge in [-0.25, -0.2) is 9.48 Å². The van der Waals surface area contributed by atoms with Crippen molar-refractivity contribution < 1.29 is 14.3 Å². The number of carbonyl (C=O) groups excluding carboxylic acids is 2. The first-order chi connectivity index (χ1) is 12.6. The molecule has 2 heterocycles. The molecular formula is C20H28N4O3. The average Bonchev–Trinajstić information content (AvgIpc) is 3.16. The lowest BCUT2D eigenvalue weighted by molar-refractivity contribution is -0.153. The normalized spacial score (nSPS) is 12.6. The second-order valence-corrected chi connectivity index (χ2v) is 7.03. The molecule has 0 saturated heterocycles. The second-order valence-electron chi connectivity index (χ2n) is 7.03. The predicted octanol–water partition coefficient (Wildman–Crippen LogP) is 2.90. The molecule has 146 valence electrons. The first-order valence-electron chi connectivity index (χ1n) is 8.96. The van der Waals surface area contributed by atoms with Crippen molar-refractivity contribution in [2.24, 2.45) is 0 Å². The zero-order valence-electron chi connectivity index (χ0n) is 17.1. The number of likely N-dealkylation sites (N-methyl/N-ethyl adjacent to an activating group) is 1. The number of nitrogens with zero attached hydrogens (tertiary/aromatic N) is 4. The number of amides is 1. The summed E-state index contributed by atoms with van der Waals surface area (Å²) in [5.74, 6) is 0.180. The number of hydrogen-bond donors (Lipinski definition) is 0. The van der Waals surface area contributed by atoms with Gasteiger partial charge in [0.1, 0.15) is 5.82 Å². The van der Waals surface area contributed by atoms with E-state index in [2.05, 4.69) is 23.5 Å². The van der Waals surface area contributed by atoms with Crippen molar-refractivity contribution >= 4 is 18.0 Å². The van der Waals surface area contributed by atoms with Gasteiger partial charge in [-0.3, -0.25) is 4.79 Å². The first-order valence-corrected chi connectivity index (χ1v) is 8.96. The molecule has 0 aliphatic heterocycles. The van der Waals surface area contributed by atoms with E-state index >= 15 is 0 Å². The average molecular weight is 372 g/mol. The zero-order chi connectivity index (χ0) is 20.3. The Morgan fingerprint density at radius 2 is 1.89 bits per heavy atom. The first kappa shape index (κ1) is 20.5. The van der Waals surface area contributed by atoms with Crippen LogP contribution in [0.2, 0.25) is 0 Å². The third-order valence-corrected chi connectivity index (χ3v) is 4.32. The fourth-order valence-corrected chi connectivity index (χ4v) is 2.98. The summed E-state index contributed by atoms with van der Waals surface area (Å²) in [7, 11) is 3.25. The van der Waals surface area contributed by atoms with E-state index in [1.165, 1.54) is 11.0 Å². The number of aromatic nitrogens is 3. The van der Waals surface area contributed by atoms with Crippen LogP contribution < -0.4 is 0 Å². The van der Waals surface area contributed by atoms with Crippen molar-refractivity contribution in [3.05, 3.63) is 41.4 Å². The minimum absolute atomic E-state index is 0.237. The summed E-state index contributed by atoms with van der Waals surface area (Å²) in [5, 5.41) is 4.39. The SMILES string of the molecule is Cc1cc(/C=C/C(=O)O[C@@H](C)C(=O)N(C)C)c(C)n1-c1ccnn1C(C)C. The maximum atomic E-state index is 12.0. The molecule has 0 N–H and O–H groups in total. The fourth-order valence-electron chi connectivity index (χ4n) is 2.98. The van der Waals surface area contributed by atoms with Gasteiger partial charge in [0, 0.05) is 43.7 Å². The molecule has 1 amide bonds. The molecule has 0 unspecified atom stereocenters.